The van der Waals surface area contributed by atoms with Crippen LogP contribution in [0.15, 0.2) is 41.4 Å². The van der Waals surface area contributed by atoms with E-state index in [1.54, 1.807) is 28.4 Å². The predicted octanol–water partition coefficient (Wildman–Crippen LogP) is 3.23. The molecule has 27 heavy (non-hydrogen) atoms. The molecule has 0 aliphatic heterocycles. The lowest BCUT2D eigenvalue weighted by atomic mass is 10.1. The Hall–Kier alpha value is -2.89. The standard InChI is InChI=1S/C21H29N3O3/c1-15-9-7-8-10-17(15)14-24(3)21(22-2)23-13-16-11-12-18(25-4)20(27-6)19(16)26-5/h7-12H,13-14H2,1-6H3,(H,22,23). The quantitative estimate of drug-likeness (QED) is 0.598. The Balaban J connectivity index is 2.13. The summed E-state index contributed by atoms with van der Waals surface area (Å²) in [5.74, 6) is 2.68. The number of aliphatic imine (C=N–C) groups is 1. The van der Waals surface area contributed by atoms with Crippen LogP contribution in [0.25, 0.3) is 0 Å². The lowest BCUT2D eigenvalue weighted by molar-refractivity contribution is 0.322. The summed E-state index contributed by atoms with van der Waals surface area (Å²) in [4.78, 5) is 6.49. The van der Waals surface area contributed by atoms with Gasteiger partial charge >= 0.3 is 0 Å². The number of guanidine groups is 1. The normalized spacial score (nSPS) is 11.1. The van der Waals surface area contributed by atoms with E-state index in [-0.39, 0.29) is 0 Å². The third kappa shape index (κ3) is 4.84. The SMILES string of the molecule is CN=C(NCc1ccc(OC)c(OC)c1OC)N(C)Cc1ccccc1C. The van der Waals surface area contributed by atoms with Crippen LogP contribution in [0.3, 0.4) is 0 Å². The van der Waals surface area contributed by atoms with Crippen LogP contribution in [0.2, 0.25) is 0 Å². The Kier molecular flexibility index (Phi) is 7.34. The first-order chi connectivity index (χ1) is 13.0. The molecule has 2 aromatic carbocycles. The minimum atomic E-state index is 0.550. The van der Waals surface area contributed by atoms with Gasteiger partial charge in [0.25, 0.3) is 0 Å². The number of ether oxygens (including phenoxy) is 3. The van der Waals surface area contributed by atoms with Crippen LogP contribution in [0, 0.1) is 6.92 Å². The number of hydrogen-bond donors (Lipinski definition) is 1. The molecule has 0 aliphatic rings. The Bertz CT molecular complexity index is 790. The van der Waals surface area contributed by atoms with Gasteiger partial charge in [0, 0.05) is 32.7 Å². The Labute approximate surface area is 161 Å². The van der Waals surface area contributed by atoms with Crippen LogP contribution in [-0.2, 0) is 13.1 Å². The molecule has 0 unspecified atom stereocenters. The minimum Gasteiger partial charge on any atom is -0.493 e. The molecule has 0 saturated heterocycles. The lowest BCUT2D eigenvalue weighted by Gasteiger charge is -2.24. The summed E-state index contributed by atoms with van der Waals surface area (Å²) >= 11 is 0. The second kappa shape index (κ2) is 9.71. The number of aryl methyl sites for hydroxylation is 1. The van der Waals surface area contributed by atoms with E-state index in [4.69, 9.17) is 14.2 Å². The van der Waals surface area contributed by atoms with Gasteiger partial charge in [0.1, 0.15) is 0 Å². The highest BCUT2D eigenvalue weighted by Crippen LogP contribution is 2.39. The van der Waals surface area contributed by atoms with Gasteiger partial charge in [-0.3, -0.25) is 4.99 Å². The van der Waals surface area contributed by atoms with Gasteiger partial charge in [0.15, 0.2) is 17.5 Å². The van der Waals surface area contributed by atoms with Crippen LogP contribution < -0.4 is 19.5 Å². The molecule has 1 N–H and O–H groups in total. The molecule has 0 atom stereocenters. The monoisotopic (exact) mass is 371 g/mol. The molecule has 6 nitrogen and oxygen atoms in total. The average molecular weight is 371 g/mol. The van der Waals surface area contributed by atoms with Gasteiger partial charge in [-0.2, -0.15) is 0 Å². The Morgan fingerprint density at radius 3 is 2.26 bits per heavy atom. The fourth-order valence-corrected chi connectivity index (χ4v) is 2.98. The van der Waals surface area contributed by atoms with Crippen LogP contribution in [0.5, 0.6) is 17.2 Å². The van der Waals surface area contributed by atoms with E-state index in [1.807, 2.05) is 19.2 Å². The van der Waals surface area contributed by atoms with Crippen molar-refractivity contribution in [2.24, 2.45) is 4.99 Å². The predicted molar refractivity (Wildman–Crippen MR) is 109 cm³/mol. The highest BCUT2D eigenvalue weighted by atomic mass is 16.5. The molecule has 0 radical (unpaired) electrons. The fourth-order valence-electron chi connectivity index (χ4n) is 2.98. The Morgan fingerprint density at radius 2 is 1.67 bits per heavy atom. The molecule has 0 bridgehead atoms. The van der Waals surface area contributed by atoms with Gasteiger partial charge in [-0.15, -0.1) is 0 Å². The van der Waals surface area contributed by atoms with Crippen molar-refractivity contribution in [3.63, 3.8) is 0 Å². The number of nitrogens with zero attached hydrogens (tertiary/aromatic N) is 2. The van der Waals surface area contributed by atoms with Crippen molar-refractivity contribution in [1.82, 2.24) is 10.2 Å². The van der Waals surface area contributed by atoms with Crippen molar-refractivity contribution in [2.75, 3.05) is 35.4 Å². The van der Waals surface area contributed by atoms with Gasteiger partial charge < -0.3 is 24.4 Å². The minimum absolute atomic E-state index is 0.550. The zero-order valence-electron chi connectivity index (χ0n) is 17.0. The molecule has 0 heterocycles. The zero-order valence-corrected chi connectivity index (χ0v) is 17.0. The smallest absolute Gasteiger partial charge is 0.203 e. The summed E-state index contributed by atoms with van der Waals surface area (Å²) in [5.41, 5.74) is 3.49. The van der Waals surface area contributed by atoms with E-state index in [0.717, 1.165) is 18.1 Å². The maximum Gasteiger partial charge on any atom is 0.203 e. The van der Waals surface area contributed by atoms with E-state index in [9.17, 15) is 0 Å². The number of benzene rings is 2. The van der Waals surface area contributed by atoms with E-state index >= 15 is 0 Å². The Morgan fingerprint density at radius 1 is 0.963 bits per heavy atom. The molecule has 0 spiro atoms. The van der Waals surface area contributed by atoms with Crippen molar-refractivity contribution in [2.45, 2.75) is 20.0 Å². The third-order valence-electron chi connectivity index (χ3n) is 4.46. The van der Waals surface area contributed by atoms with Gasteiger partial charge in [0.2, 0.25) is 5.75 Å². The van der Waals surface area contributed by atoms with Crippen LogP contribution in [0.4, 0.5) is 0 Å². The summed E-state index contributed by atoms with van der Waals surface area (Å²) in [7, 11) is 8.64. The van der Waals surface area contributed by atoms with Crippen LogP contribution in [-0.4, -0.2) is 46.3 Å². The van der Waals surface area contributed by atoms with Gasteiger partial charge in [-0.25, -0.2) is 0 Å². The molecular formula is C21H29N3O3. The average Bonchev–Trinajstić information content (AvgIpc) is 2.69. The van der Waals surface area contributed by atoms with E-state index in [1.165, 1.54) is 11.1 Å². The molecule has 2 aromatic rings. The second-order valence-electron chi connectivity index (χ2n) is 6.18. The van der Waals surface area contributed by atoms with Crippen molar-refractivity contribution >= 4 is 5.96 Å². The summed E-state index contributed by atoms with van der Waals surface area (Å²) < 4.78 is 16.3. The number of methoxy groups -OCH3 is 3. The highest BCUT2D eigenvalue weighted by molar-refractivity contribution is 5.79. The number of hydrogen-bond acceptors (Lipinski definition) is 4. The largest absolute Gasteiger partial charge is 0.493 e. The first-order valence-electron chi connectivity index (χ1n) is 8.79. The van der Waals surface area contributed by atoms with Gasteiger partial charge in [-0.05, 0) is 30.2 Å². The van der Waals surface area contributed by atoms with Crippen molar-refractivity contribution in [1.29, 1.82) is 0 Å². The molecule has 146 valence electrons. The number of nitrogens with one attached hydrogen (secondary N) is 1. The van der Waals surface area contributed by atoms with Crippen molar-refractivity contribution in [3.05, 3.63) is 53.1 Å². The first-order valence-corrected chi connectivity index (χ1v) is 8.79. The van der Waals surface area contributed by atoms with E-state index < -0.39 is 0 Å². The van der Waals surface area contributed by atoms with E-state index in [2.05, 4.69) is 46.4 Å². The van der Waals surface area contributed by atoms with E-state index in [0.29, 0.717) is 23.8 Å². The second-order valence-corrected chi connectivity index (χ2v) is 6.18. The summed E-state index contributed by atoms with van der Waals surface area (Å²) in [6.45, 7) is 3.44. The molecule has 0 saturated carbocycles. The van der Waals surface area contributed by atoms with Crippen LogP contribution >= 0.6 is 0 Å². The number of rotatable bonds is 7. The maximum atomic E-state index is 5.55. The molecule has 2 rings (SSSR count). The summed E-state index contributed by atoms with van der Waals surface area (Å²) in [6, 6.07) is 12.2. The molecular weight excluding hydrogens is 342 g/mol. The molecule has 0 amide bonds. The van der Waals surface area contributed by atoms with Gasteiger partial charge in [0.05, 0.1) is 21.3 Å². The molecule has 0 fully saturated rings. The van der Waals surface area contributed by atoms with Gasteiger partial charge in [-0.1, -0.05) is 24.3 Å². The summed E-state index contributed by atoms with van der Waals surface area (Å²) in [6.07, 6.45) is 0. The van der Waals surface area contributed by atoms with Crippen LogP contribution in [0.1, 0.15) is 16.7 Å². The van der Waals surface area contributed by atoms with Crippen molar-refractivity contribution < 1.29 is 14.2 Å². The first kappa shape index (κ1) is 20.4. The van der Waals surface area contributed by atoms with Crippen molar-refractivity contribution in [3.8, 4) is 17.2 Å². The lowest BCUT2D eigenvalue weighted by Crippen LogP contribution is -2.38. The maximum absolute atomic E-state index is 5.55. The zero-order chi connectivity index (χ0) is 19.8. The topological polar surface area (TPSA) is 55.3 Å². The molecule has 0 aromatic heterocycles. The fraction of sp³-hybridized carbons (Fsp3) is 0.381. The molecule has 6 heteroatoms. The highest BCUT2D eigenvalue weighted by Gasteiger charge is 2.16. The summed E-state index contributed by atoms with van der Waals surface area (Å²) in [5, 5.41) is 3.39. The third-order valence-corrected chi connectivity index (χ3v) is 4.46. The molecule has 0 aliphatic carbocycles.